The Labute approximate surface area is 176 Å². The Kier molecular flexibility index (Phi) is 5.32. The zero-order chi connectivity index (χ0) is 21.5. The predicted octanol–water partition coefficient (Wildman–Crippen LogP) is 3.19. The van der Waals surface area contributed by atoms with Crippen molar-refractivity contribution in [2.24, 2.45) is 5.92 Å². The molecule has 2 bridgehead atoms. The largest absolute Gasteiger partial charge is 0.457 e. The van der Waals surface area contributed by atoms with Gasteiger partial charge < -0.3 is 19.3 Å². The van der Waals surface area contributed by atoms with Gasteiger partial charge in [0, 0.05) is 18.4 Å². The second kappa shape index (κ2) is 7.67. The van der Waals surface area contributed by atoms with Crippen molar-refractivity contribution in [3.63, 3.8) is 0 Å². The molecule has 1 aromatic rings. The Morgan fingerprint density at radius 1 is 1.23 bits per heavy atom. The average Bonchev–Trinajstić information content (AvgIpc) is 3.21. The number of hydrogen-bond donors (Lipinski definition) is 1. The molecule has 0 saturated carbocycles. The summed E-state index contributed by atoms with van der Waals surface area (Å²) in [4.78, 5) is 24.5. The van der Waals surface area contributed by atoms with Crippen molar-refractivity contribution in [2.75, 3.05) is 6.61 Å². The van der Waals surface area contributed by atoms with Gasteiger partial charge in [0.05, 0.1) is 0 Å². The molecular formula is C24H28O6. The molecule has 2 heterocycles. The number of benzene rings is 1. The average molecular weight is 412 g/mol. The number of aliphatic hydroxyl groups excluding tert-OH is 1. The minimum absolute atomic E-state index is 0.000436. The number of aliphatic hydroxyl groups is 1. The standard InChI is InChI=1S/C24H28O6/c1-15-9-11-17-21(15)22(29-19(26)12-10-16-7-5-4-6-8-16)23(2)13-18(24(17,3)30-23)28-20(27)14-25/h4-8,10,12,17-18,22,25H,9,11,13-14H2,1-3H3/b12-10+. The highest BCUT2D eigenvalue weighted by Crippen LogP contribution is 2.59. The molecule has 1 N–H and O–H groups in total. The minimum atomic E-state index is -0.803. The third-order valence-corrected chi connectivity index (χ3v) is 6.74. The minimum Gasteiger partial charge on any atom is -0.457 e. The van der Waals surface area contributed by atoms with Crippen LogP contribution < -0.4 is 0 Å². The van der Waals surface area contributed by atoms with Gasteiger partial charge in [-0.15, -0.1) is 0 Å². The molecule has 1 aliphatic carbocycles. The summed E-state index contributed by atoms with van der Waals surface area (Å²) in [6.07, 6.45) is 4.28. The Morgan fingerprint density at radius 3 is 2.67 bits per heavy atom. The van der Waals surface area contributed by atoms with E-state index in [2.05, 4.69) is 6.92 Å². The Bertz CT molecular complexity index is 904. The molecule has 2 fully saturated rings. The van der Waals surface area contributed by atoms with Crippen LogP contribution in [0.3, 0.4) is 0 Å². The summed E-state index contributed by atoms with van der Waals surface area (Å²) in [7, 11) is 0. The highest BCUT2D eigenvalue weighted by atomic mass is 16.6. The van der Waals surface area contributed by atoms with Crippen molar-refractivity contribution in [1.82, 2.24) is 0 Å². The molecule has 2 aliphatic heterocycles. The fourth-order valence-electron chi connectivity index (χ4n) is 5.35. The summed E-state index contributed by atoms with van der Waals surface area (Å²) in [6.45, 7) is 5.27. The van der Waals surface area contributed by atoms with Crippen LogP contribution in [0.2, 0.25) is 0 Å². The maximum absolute atomic E-state index is 12.7. The summed E-state index contributed by atoms with van der Waals surface area (Å²) in [6, 6.07) is 9.56. The van der Waals surface area contributed by atoms with Crippen molar-refractivity contribution in [1.29, 1.82) is 0 Å². The molecule has 5 atom stereocenters. The molecule has 3 aliphatic rings. The monoisotopic (exact) mass is 412 g/mol. The van der Waals surface area contributed by atoms with E-state index in [1.165, 1.54) is 11.6 Å². The zero-order valence-electron chi connectivity index (χ0n) is 17.6. The van der Waals surface area contributed by atoms with Crippen LogP contribution in [0.5, 0.6) is 0 Å². The molecule has 4 rings (SSSR count). The van der Waals surface area contributed by atoms with Gasteiger partial charge in [-0.3, -0.25) is 0 Å². The molecule has 160 valence electrons. The molecule has 5 unspecified atom stereocenters. The number of esters is 2. The van der Waals surface area contributed by atoms with Crippen LogP contribution in [-0.4, -0.2) is 47.1 Å². The Morgan fingerprint density at radius 2 is 1.97 bits per heavy atom. The lowest BCUT2D eigenvalue weighted by atomic mass is 9.77. The van der Waals surface area contributed by atoms with E-state index in [1.807, 2.05) is 44.2 Å². The highest BCUT2D eigenvalue weighted by Gasteiger charge is 2.67. The lowest BCUT2D eigenvalue weighted by Crippen LogP contribution is -2.55. The van der Waals surface area contributed by atoms with Crippen LogP contribution >= 0.6 is 0 Å². The summed E-state index contributed by atoms with van der Waals surface area (Å²) in [5.41, 5.74) is 1.72. The first-order valence-electron chi connectivity index (χ1n) is 10.4. The van der Waals surface area contributed by atoms with E-state index in [4.69, 9.17) is 19.3 Å². The molecule has 0 amide bonds. The molecule has 0 aromatic heterocycles. The molecule has 30 heavy (non-hydrogen) atoms. The van der Waals surface area contributed by atoms with E-state index in [-0.39, 0.29) is 5.92 Å². The van der Waals surface area contributed by atoms with Gasteiger partial charge >= 0.3 is 11.9 Å². The lowest BCUT2D eigenvalue weighted by molar-refractivity contribution is -0.206. The normalized spacial score (nSPS) is 34.9. The zero-order valence-corrected chi connectivity index (χ0v) is 17.6. The maximum atomic E-state index is 12.7. The quantitative estimate of drug-likeness (QED) is 0.454. The molecule has 0 spiro atoms. The van der Waals surface area contributed by atoms with Crippen LogP contribution in [0.1, 0.15) is 45.6 Å². The van der Waals surface area contributed by atoms with Gasteiger partial charge in [-0.05, 0) is 50.8 Å². The number of carbonyl (C=O) groups excluding carboxylic acids is 2. The van der Waals surface area contributed by atoms with Crippen LogP contribution in [0, 0.1) is 5.92 Å². The van der Waals surface area contributed by atoms with Gasteiger partial charge in [0.1, 0.15) is 23.9 Å². The highest BCUT2D eigenvalue weighted by molar-refractivity contribution is 5.87. The third-order valence-electron chi connectivity index (χ3n) is 6.74. The van der Waals surface area contributed by atoms with Crippen molar-refractivity contribution in [2.45, 2.75) is 63.4 Å². The molecular weight excluding hydrogens is 384 g/mol. The van der Waals surface area contributed by atoms with Crippen molar-refractivity contribution < 1.29 is 28.9 Å². The number of ether oxygens (including phenoxy) is 3. The van der Waals surface area contributed by atoms with Crippen LogP contribution in [-0.2, 0) is 23.8 Å². The smallest absolute Gasteiger partial charge is 0.332 e. The molecule has 1 aromatic carbocycles. The number of hydrogen-bond acceptors (Lipinski definition) is 6. The van der Waals surface area contributed by atoms with E-state index < -0.39 is 42.0 Å². The first kappa shape index (κ1) is 20.8. The van der Waals surface area contributed by atoms with Gasteiger partial charge in [0.25, 0.3) is 0 Å². The van der Waals surface area contributed by atoms with Crippen molar-refractivity contribution >= 4 is 18.0 Å². The number of rotatable bonds is 5. The first-order valence-corrected chi connectivity index (χ1v) is 10.4. The maximum Gasteiger partial charge on any atom is 0.332 e. The summed E-state index contributed by atoms with van der Waals surface area (Å²) in [5, 5.41) is 9.14. The topological polar surface area (TPSA) is 82.1 Å². The van der Waals surface area contributed by atoms with Crippen molar-refractivity contribution in [3.05, 3.63) is 53.1 Å². The summed E-state index contributed by atoms with van der Waals surface area (Å²) < 4.78 is 18.0. The second-order valence-corrected chi connectivity index (χ2v) is 8.83. The predicted molar refractivity (Wildman–Crippen MR) is 110 cm³/mol. The lowest BCUT2D eigenvalue weighted by Gasteiger charge is -2.47. The van der Waals surface area contributed by atoms with E-state index in [1.54, 1.807) is 6.08 Å². The summed E-state index contributed by atoms with van der Waals surface area (Å²) in [5.74, 6) is -1.10. The van der Waals surface area contributed by atoms with E-state index in [0.717, 1.165) is 24.0 Å². The van der Waals surface area contributed by atoms with Gasteiger partial charge in [0.15, 0.2) is 6.10 Å². The third kappa shape index (κ3) is 3.48. The first-order chi connectivity index (χ1) is 14.3. The van der Waals surface area contributed by atoms with Crippen molar-refractivity contribution in [3.8, 4) is 0 Å². The SMILES string of the molecule is CC1=C2C(OC(=O)/C=C/c3ccccc3)C3(C)CC(OC(=O)CO)C(C)(O3)C2CC1. The number of allylic oxidation sites excluding steroid dienone is 1. The number of carbonyl (C=O) groups is 2. The molecule has 0 radical (unpaired) electrons. The van der Waals surface area contributed by atoms with Gasteiger partial charge in [0.2, 0.25) is 0 Å². The van der Waals surface area contributed by atoms with E-state index >= 15 is 0 Å². The molecule has 6 heteroatoms. The molecule has 6 nitrogen and oxygen atoms in total. The fourth-order valence-corrected chi connectivity index (χ4v) is 5.35. The number of fused-ring (bicyclic) bond motifs is 4. The Balaban J connectivity index is 1.60. The van der Waals surface area contributed by atoms with Crippen LogP contribution in [0.4, 0.5) is 0 Å². The van der Waals surface area contributed by atoms with Gasteiger partial charge in [-0.2, -0.15) is 0 Å². The fraction of sp³-hybridized carbons (Fsp3) is 0.500. The van der Waals surface area contributed by atoms with Crippen LogP contribution in [0.25, 0.3) is 6.08 Å². The second-order valence-electron chi connectivity index (χ2n) is 8.83. The van der Waals surface area contributed by atoms with Gasteiger partial charge in [-0.1, -0.05) is 35.9 Å². The Hall–Kier alpha value is -2.44. The van der Waals surface area contributed by atoms with E-state index in [0.29, 0.717) is 6.42 Å². The van der Waals surface area contributed by atoms with Gasteiger partial charge in [-0.25, -0.2) is 9.59 Å². The van der Waals surface area contributed by atoms with E-state index in [9.17, 15) is 9.59 Å². The molecule has 2 saturated heterocycles. The van der Waals surface area contributed by atoms with Crippen LogP contribution in [0.15, 0.2) is 47.6 Å². The summed E-state index contributed by atoms with van der Waals surface area (Å²) >= 11 is 0.